The van der Waals surface area contributed by atoms with E-state index in [1.54, 1.807) is 49.2 Å². The van der Waals surface area contributed by atoms with Gasteiger partial charge in [-0.05, 0) is 80.3 Å². The lowest BCUT2D eigenvalue weighted by Crippen LogP contribution is -2.63. The average Bonchev–Trinajstić information content (AvgIpc) is 3.89. The van der Waals surface area contributed by atoms with Crippen LogP contribution in [0, 0.1) is 17.2 Å². The smallest absolute Gasteiger partial charge is 0.258 e. The number of likely N-dealkylation sites (N-methyl/N-ethyl adjacent to an activating group) is 1. The van der Waals surface area contributed by atoms with Crippen LogP contribution in [0.15, 0.2) is 73.2 Å². The number of anilines is 2. The van der Waals surface area contributed by atoms with Crippen molar-refractivity contribution in [2.45, 2.75) is 37.8 Å². The molecule has 10 heteroatoms. The molecule has 1 aliphatic carbocycles. The highest BCUT2D eigenvalue weighted by molar-refractivity contribution is 6.13. The van der Waals surface area contributed by atoms with Crippen molar-refractivity contribution in [2.24, 2.45) is 11.7 Å². The van der Waals surface area contributed by atoms with Crippen LogP contribution in [0.3, 0.4) is 0 Å². The zero-order valence-corrected chi connectivity index (χ0v) is 23.9. The summed E-state index contributed by atoms with van der Waals surface area (Å²) in [6.45, 7) is 1.61. The lowest BCUT2D eigenvalue weighted by atomic mass is 9.83. The van der Waals surface area contributed by atoms with Crippen LogP contribution >= 0.6 is 0 Å². The molecule has 1 unspecified atom stereocenters. The molecule has 1 fully saturated rings. The molecule has 3 amide bonds. The van der Waals surface area contributed by atoms with Gasteiger partial charge in [-0.3, -0.25) is 24.4 Å². The van der Waals surface area contributed by atoms with E-state index in [4.69, 9.17) is 10.7 Å². The van der Waals surface area contributed by atoms with E-state index in [1.807, 2.05) is 30.5 Å². The first kappa shape index (κ1) is 28.0. The monoisotopic (exact) mass is 573 g/mol. The number of nitrogens with one attached hydrogen (secondary N) is 1. The van der Waals surface area contributed by atoms with Crippen LogP contribution in [0.2, 0.25) is 0 Å². The van der Waals surface area contributed by atoms with Gasteiger partial charge in [0.25, 0.3) is 5.91 Å². The van der Waals surface area contributed by atoms with E-state index in [9.17, 15) is 19.6 Å². The summed E-state index contributed by atoms with van der Waals surface area (Å²) in [6, 6.07) is 18.1. The fourth-order valence-corrected chi connectivity index (χ4v) is 5.90. The largest absolute Gasteiger partial charge is 0.368 e. The van der Waals surface area contributed by atoms with Crippen molar-refractivity contribution in [3.8, 4) is 6.07 Å². The van der Waals surface area contributed by atoms with E-state index in [0.29, 0.717) is 28.4 Å². The second kappa shape index (κ2) is 10.9. The topological polar surface area (TPSA) is 145 Å². The fourth-order valence-electron chi connectivity index (χ4n) is 5.90. The Balaban J connectivity index is 1.58. The number of para-hydroxylation sites is 1. The number of aromatic nitrogens is 2. The van der Waals surface area contributed by atoms with Crippen molar-refractivity contribution in [1.29, 1.82) is 5.26 Å². The lowest BCUT2D eigenvalue weighted by molar-refractivity contribution is -0.133. The van der Waals surface area contributed by atoms with Crippen molar-refractivity contribution in [3.05, 3.63) is 95.4 Å². The van der Waals surface area contributed by atoms with Gasteiger partial charge in [-0.2, -0.15) is 5.26 Å². The molecule has 10 nitrogen and oxygen atoms in total. The van der Waals surface area contributed by atoms with Gasteiger partial charge >= 0.3 is 0 Å². The van der Waals surface area contributed by atoms with Crippen molar-refractivity contribution in [3.63, 3.8) is 0 Å². The van der Waals surface area contributed by atoms with E-state index in [1.165, 1.54) is 17.3 Å². The Hall–Kier alpha value is -5.14. The first-order valence-corrected chi connectivity index (χ1v) is 14.2. The van der Waals surface area contributed by atoms with Gasteiger partial charge in [-0.25, -0.2) is 0 Å². The highest BCUT2D eigenvalue weighted by Crippen LogP contribution is 2.45. The number of carbonyl (C=O) groups is 3. The molecule has 0 spiro atoms. The maximum Gasteiger partial charge on any atom is 0.258 e. The van der Waals surface area contributed by atoms with E-state index < -0.39 is 23.3 Å². The number of fused-ring (bicyclic) bond motifs is 2. The molecule has 0 bridgehead atoms. The summed E-state index contributed by atoms with van der Waals surface area (Å²) in [7, 11) is 1.57. The number of benzene rings is 2. The number of nitrogens with two attached hydrogens (primary N) is 1. The zero-order chi connectivity index (χ0) is 30.3. The van der Waals surface area contributed by atoms with Crippen molar-refractivity contribution >= 4 is 40.0 Å². The summed E-state index contributed by atoms with van der Waals surface area (Å²) >= 11 is 0. The van der Waals surface area contributed by atoms with Gasteiger partial charge in [0.2, 0.25) is 11.8 Å². The van der Waals surface area contributed by atoms with Crippen molar-refractivity contribution in [1.82, 2.24) is 15.3 Å². The van der Waals surface area contributed by atoms with Crippen LogP contribution in [0.25, 0.3) is 10.9 Å². The predicted molar refractivity (Wildman–Crippen MR) is 162 cm³/mol. The van der Waals surface area contributed by atoms with Gasteiger partial charge in [-0.1, -0.05) is 18.2 Å². The fraction of sp³-hybridized carbons (Fsp3) is 0.273. The Bertz CT molecular complexity index is 1800. The molecule has 1 aliphatic heterocycles. The molecule has 1 saturated carbocycles. The second-order valence-corrected chi connectivity index (χ2v) is 11.2. The van der Waals surface area contributed by atoms with E-state index in [0.717, 1.165) is 34.9 Å². The quantitative estimate of drug-likeness (QED) is 0.343. The van der Waals surface area contributed by atoms with Gasteiger partial charge in [0.1, 0.15) is 5.54 Å². The Morgan fingerprint density at radius 3 is 2.53 bits per heavy atom. The van der Waals surface area contributed by atoms with Gasteiger partial charge in [-0.15, -0.1) is 0 Å². The van der Waals surface area contributed by atoms with Crippen molar-refractivity contribution in [2.75, 3.05) is 23.4 Å². The molecule has 3 heterocycles. The van der Waals surface area contributed by atoms with E-state index >= 15 is 0 Å². The average molecular weight is 574 g/mol. The maximum atomic E-state index is 14.8. The van der Waals surface area contributed by atoms with Crippen LogP contribution in [0.1, 0.15) is 52.7 Å². The molecular formula is C33H31N7O3. The number of hydrogen-bond acceptors (Lipinski definition) is 7. The third kappa shape index (κ3) is 4.87. The number of carbonyl (C=O) groups excluding carboxylic acids is 3. The minimum atomic E-state index is -1.49. The number of pyridine rings is 2. The summed E-state index contributed by atoms with van der Waals surface area (Å²) in [5.41, 5.74) is 8.82. The molecule has 3 N–H and O–H groups in total. The molecule has 0 radical (unpaired) electrons. The normalized spacial score (nSPS) is 18.0. The summed E-state index contributed by atoms with van der Waals surface area (Å²) < 4.78 is 0. The van der Waals surface area contributed by atoms with E-state index in [2.05, 4.69) is 16.4 Å². The number of nitrogens with zero attached hydrogens (tertiary/aromatic N) is 5. The van der Waals surface area contributed by atoms with Crippen LogP contribution in [-0.4, -0.2) is 46.8 Å². The van der Waals surface area contributed by atoms with E-state index in [-0.39, 0.29) is 19.0 Å². The molecule has 2 aromatic heterocycles. The number of primary amides is 1. The highest BCUT2D eigenvalue weighted by Gasteiger charge is 2.49. The molecule has 4 aromatic rings. The minimum Gasteiger partial charge on any atom is -0.368 e. The Kier molecular flexibility index (Phi) is 7.12. The summed E-state index contributed by atoms with van der Waals surface area (Å²) in [5, 5.41) is 13.7. The number of amides is 3. The predicted octanol–water partition coefficient (Wildman–Crippen LogP) is 3.65. The number of hydrogen-bond donors (Lipinski definition) is 2. The third-order valence-corrected chi connectivity index (χ3v) is 8.77. The van der Waals surface area contributed by atoms with Gasteiger partial charge < -0.3 is 20.9 Å². The number of rotatable bonds is 7. The summed E-state index contributed by atoms with van der Waals surface area (Å²) in [6.07, 6.45) is 7.01. The standard InChI is InChI=1S/C33H31N7O3/c1-33(36-2,32(35)43)26-19-40(30(41)22-11-13-37-14-12-22)29-15-20(16-34)7-10-28(29)39(31(26)42)18-25-23-5-3-4-6-27(23)38-17-24(25)21-8-9-21/h3-7,10-15,17,21,26,36H,8-9,18-19H2,1-2H3,(H2,35,43)/t26-,33?/m1/s1. The molecule has 0 saturated heterocycles. The highest BCUT2D eigenvalue weighted by atomic mass is 16.2. The molecule has 216 valence electrons. The lowest BCUT2D eigenvalue weighted by Gasteiger charge is -2.36. The molecule has 43 heavy (non-hydrogen) atoms. The summed E-state index contributed by atoms with van der Waals surface area (Å²) in [5.74, 6) is -2.19. The van der Waals surface area contributed by atoms with Crippen LogP contribution in [0.5, 0.6) is 0 Å². The number of nitriles is 1. The molecule has 2 aromatic carbocycles. The molecule has 2 aliphatic rings. The first-order valence-electron chi connectivity index (χ1n) is 14.2. The van der Waals surface area contributed by atoms with Gasteiger partial charge in [0.15, 0.2) is 0 Å². The Morgan fingerprint density at radius 1 is 1.12 bits per heavy atom. The SMILES string of the molecule is CNC(C)(C(N)=O)[C@@H]1CN(C(=O)c2ccncc2)c2cc(C#N)ccc2N(Cc2c(C3CC3)cnc3ccccc23)C1=O. The zero-order valence-electron chi connectivity index (χ0n) is 23.9. The van der Waals surface area contributed by atoms with Crippen molar-refractivity contribution < 1.29 is 14.4 Å². The van der Waals surface area contributed by atoms with Gasteiger partial charge in [0.05, 0.1) is 41.0 Å². The van der Waals surface area contributed by atoms with Crippen LogP contribution in [0.4, 0.5) is 11.4 Å². The Morgan fingerprint density at radius 2 is 1.86 bits per heavy atom. The minimum absolute atomic E-state index is 0.148. The molecule has 2 atom stereocenters. The molecule has 6 rings (SSSR count). The maximum absolute atomic E-state index is 14.8. The third-order valence-electron chi connectivity index (χ3n) is 8.77. The Labute approximate surface area is 249 Å². The van der Waals surface area contributed by atoms with Crippen LogP contribution < -0.4 is 20.9 Å². The summed E-state index contributed by atoms with van der Waals surface area (Å²) in [4.78, 5) is 53.6. The first-order chi connectivity index (χ1) is 20.8. The molecular weight excluding hydrogens is 542 g/mol. The van der Waals surface area contributed by atoms with Crippen LogP contribution in [-0.2, 0) is 16.1 Å². The van der Waals surface area contributed by atoms with Gasteiger partial charge in [0, 0.05) is 36.1 Å². The second-order valence-electron chi connectivity index (χ2n) is 11.2.